The van der Waals surface area contributed by atoms with Crippen molar-refractivity contribution < 1.29 is 31.1 Å². The van der Waals surface area contributed by atoms with Crippen LogP contribution in [0.25, 0.3) is 0 Å². The lowest BCUT2D eigenvalue weighted by Crippen LogP contribution is -2.31. The average molecular weight is 430 g/mol. The Balaban J connectivity index is 1.67. The zero-order chi connectivity index (χ0) is 21.2. The highest BCUT2D eigenvalue weighted by atomic mass is 32.2. The van der Waals surface area contributed by atoms with Gasteiger partial charge in [-0.05, 0) is 50.6 Å². The maximum atomic E-state index is 12.8. The van der Waals surface area contributed by atoms with Gasteiger partial charge in [-0.2, -0.15) is 17.5 Å². The first-order valence-electron chi connectivity index (χ1n) is 9.02. The fourth-order valence-corrected chi connectivity index (χ4v) is 4.43. The lowest BCUT2D eigenvalue weighted by Gasteiger charge is -2.18. The van der Waals surface area contributed by atoms with E-state index in [9.17, 15) is 21.6 Å². The molecule has 29 heavy (non-hydrogen) atoms. The standard InChI is InChI=1S/C19H21F3N2O4S/c1-13(2)27-15-3-5-17(6-4-15)29(25,26)24-10-8-16(12-24)28-18-11-14(7-9-23-18)19(20,21)22/h3-7,9,11,13,16H,8,10,12H2,1-2H3. The minimum atomic E-state index is -4.50. The number of benzene rings is 1. The second-order valence-corrected chi connectivity index (χ2v) is 8.85. The van der Waals surface area contributed by atoms with Crippen molar-refractivity contribution in [2.75, 3.05) is 13.1 Å². The van der Waals surface area contributed by atoms with Crippen LogP contribution in [0.15, 0.2) is 47.5 Å². The molecule has 1 aromatic heterocycles. The van der Waals surface area contributed by atoms with Gasteiger partial charge in [0.05, 0.1) is 23.1 Å². The molecular weight excluding hydrogens is 409 g/mol. The minimum absolute atomic E-state index is 0.0293. The summed E-state index contributed by atoms with van der Waals surface area (Å²) in [6.07, 6.45) is -3.74. The number of pyridine rings is 1. The Labute approximate surface area is 167 Å². The molecule has 1 fully saturated rings. The van der Waals surface area contributed by atoms with E-state index in [4.69, 9.17) is 9.47 Å². The second-order valence-electron chi connectivity index (χ2n) is 6.91. The van der Waals surface area contributed by atoms with Crippen LogP contribution < -0.4 is 9.47 Å². The molecule has 3 rings (SSSR count). The number of rotatable bonds is 6. The van der Waals surface area contributed by atoms with Crippen LogP contribution in [0.1, 0.15) is 25.8 Å². The van der Waals surface area contributed by atoms with Gasteiger partial charge < -0.3 is 9.47 Å². The van der Waals surface area contributed by atoms with Gasteiger partial charge in [-0.25, -0.2) is 13.4 Å². The molecule has 0 saturated carbocycles. The molecule has 1 unspecified atom stereocenters. The van der Waals surface area contributed by atoms with Crippen molar-refractivity contribution >= 4 is 10.0 Å². The molecule has 2 aromatic rings. The van der Waals surface area contributed by atoms with Crippen LogP contribution in [0.2, 0.25) is 0 Å². The van der Waals surface area contributed by atoms with Crippen molar-refractivity contribution in [3.63, 3.8) is 0 Å². The van der Waals surface area contributed by atoms with Gasteiger partial charge in [-0.3, -0.25) is 0 Å². The van der Waals surface area contributed by atoms with E-state index in [0.717, 1.165) is 18.3 Å². The van der Waals surface area contributed by atoms with Gasteiger partial charge in [0.25, 0.3) is 0 Å². The molecule has 1 saturated heterocycles. The van der Waals surface area contributed by atoms with E-state index in [0.29, 0.717) is 12.2 Å². The predicted molar refractivity (Wildman–Crippen MR) is 99.2 cm³/mol. The number of alkyl halides is 3. The third-order valence-electron chi connectivity index (χ3n) is 4.29. The van der Waals surface area contributed by atoms with E-state index in [2.05, 4.69) is 4.98 Å². The summed E-state index contributed by atoms with van der Waals surface area (Å²) in [5, 5.41) is 0. The van der Waals surface area contributed by atoms with Crippen molar-refractivity contribution in [3.8, 4) is 11.6 Å². The van der Waals surface area contributed by atoms with Crippen molar-refractivity contribution in [1.82, 2.24) is 9.29 Å². The van der Waals surface area contributed by atoms with Gasteiger partial charge in [0.15, 0.2) is 0 Å². The Morgan fingerprint density at radius 3 is 2.48 bits per heavy atom. The molecule has 1 aliphatic heterocycles. The lowest BCUT2D eigenvalue weighted by atomic mass is 10.2. The lowest BCUT2D eigenvalue weighted by molar-refractivity contribution is -0.137. The first-order chi connectivity index (χ1) is 13.6. The second kappa shape index (κ2) is 8.19. The van der Waals surface area contributed by atoms with Crippen LogP contribution in [0.4, 0.5) is 13.2 Å². The summed E-state index contributed by atoms with van der Waals surface area (Å²) in [6.45, 7) is 3.98. The number of sulfonamides is 1. The zero-order valence-electron chi connectivity index (χ0n) is 15.9. The van der Waals surface area contributed by atoms with Crippen LogP contribution >= 0.6 is 0 Å². The van der Waals surface area contributed by atoms with Crippen LogP contribution in [-0.4, -0.2) is 43.0 Å². The fourth-order valence-electron chi connectivity index (χ4n) is 2.94. The summed E-state index contributed by atoms with van der Waals surface area (Å²) < 4.78 is 76.3. The largest absolute Gasteiger partial charge is 0.491 e. The van der Waals surface area contributed by atoms with E-state index in [1.165, 1.54) is 16.4 Å². The fraction of sp³-hybridized carbons (Fsp3) is 0.421. The summed E-state index contributed by atoms with van der Waals surface area (Å²) >= 11 is 0. The van der Waals surface area contributed by atoms with Gasteiger partial charge in [-0.15, -0.1) is 0 Å². The van der Waals surface area contributed by atoms with E-state index in [1.807, 2.05) is 13.8 Å². The Morgan fingerprint density at radius 1 is 1.17 bits per heavy atom. The van der Waals surface area contributed by atoms with Crippen LogP contribution in [0.3, 0.4) is 0 Å². The Bertz CT molecular complexity index is 947. The molecule has 10 heteroatoms. The third kappa shape index (κ3) is 5.18. The smallest absolute Gasteiger partial charge is 0.416 e. The Kier molecular flexibility index (Phi) is 6.04. The van der Waals surface area contributed by atoms with E-state index in [1.54, 1.807) is 12.1 Å². The first kappa shape index (κ1) is 21.4. The average Bonchev–Trinajstić information content (AvgIpc) is 3.10. The summed E-state index contributed by atoms with van der Waals surface area (Å²) in [6, 6.07) is 7.77. The Hall–Kier alpha value is -2.33. The predicted octanol–water partition coefficient (Wildman–Crippen LogP) is 3.73. The van der Waals surface area contributed by atoms with Crippen molar-refractivity contribution in [2.45, 2.75) is 43.5 Å². The quantitative estimate of drug-likeness (QED) is 0.699. The normalized spacial score (nSPS) is 18.2. The number of aromatic nitrogens is 1. The van der Waals surface area contributed by atoms with Gasteiger partial charge in [0.2, 0.25) is 15.9 Å². The number of hydrogen-bond acceptors (Lipinski definition) is 5. The highest BCUT2D eigenvalue weighted by Crippen LogP contribution is 2.31. The SMILES string of the molecule is CC(C)Oc1ccc(S(=O)(=O)N2CCC(Oc3cc(C(F)(F)F)ccn3)C2)cc1. The summed E-state index contributed by atoms with van der Waals surface area (Å²) in [5.74, 6) is 0.386. The molecule has 0 aliphatic carbocycles. The molecule has 1 atom stereocenters. The number of halogens is 3. The molecule has 158 valence electrons. The molecule has 0 bridgehead atoms. The van der Waals surface area contributed by atoms with Crippen LogP contribution in [-0.2, 0) is 16.2 Å². The van der Waals surface area contributed by atoms with E-state index >= 15 is 0 Å². The van der Waals surface area contributed by atoms with Crippen LogP contribution in [0.5, 0.6) is 11.6 Å². The molecule has 2 heterocycles. The Morgan fingerprint density at radius 2 is 1.86 bits per heavy atom. The molecule has 6 nitrogen and oxygen atoms in total. The maximum Gasteiger partial charge on any atom is 0.416 e. The summed E-state index contributed by atoms with van der Waals surface area (Å²) in [7, 11) is -3.74. The van der Waals surface area contributed by atoms with Gasteiger partial charge >= 0.3 is 6.18 Å². The molecule has 1 aromatic carbocycles. The topological polar surface area (TPSA) is 68.7 Å². The van der Waals surface area contributed by atoms with Gasteiger partial charge in [0.1, 0.15) is 11.9 Å². The van der Waals surface area contributed by atoms with Crippen molar-refractivity contribution in [2.24, 2.45) is 0 Å². The molecule has 0 radical (unpaired) electrons. The van der Waals surface area contributed by atoms with Crippen molar-refractivity contribution in [3.05, 3.63) is 48.2 Å². The molecule has 1 aliphatic rings. The first-order valence-corrected chi connectivity index (χ1v) is 10.5. The highest BCUT2D eigenvalue weighted by molar-refractivity contribution is 7.89. The van der Waals surface area contributed by atoms with E-state index in [-0.39, 0.29) is 30.0 Å². The minimum Gasteiger partial charge on any atom is -0.491 e. The van der Waals surface area contributed by atoms with Gasteiger partial charge in [-0.1, -0.05) is 0 Å². The summed E-state index contributed by atoms with van der Waals surface area (Å²) in [4.78, 5) is 3.91. The number of ether oxygens (including phenoxy) is 2. The number of nitrogens with zero attached hydrogens (tertiary/aromatic N) is 2. The van der Waals surface area contributed by atoms with E-state index < -0.39 is 27.9 Å². The maximum absolute atomic E-state index is 12.8. The molecule has 0 amide bonds. The zero-order valence-corrected chi connectivity index (χ0v) is 16.7. The molecule has 0 N–H and O–H groups in total. The third-order valence-corrected chi connectivity index (χ3v) is 6.17. The molecular formula is C19H21F3N2O4S. The number of hydrogen-bond donors (Lipinski definition) is 0. The highest BCUT2D eigenvalue weighted by Gasteiger charge is 2.35. The molecule has 0 spiro atoms. The van der Waals surface area contributed by atoms with Gasteiger partial charge in [0, 0.05) is 18.8 Å². The monoisotopic (exact) mass is 430 g/mol. The van der Waals surface area contributed by atoms with Crippen molar-refractivity contribution in [1.29, 1.82) is 0 Å². The summed E-state index contributed by atoms with van der Waals surface area (Å²) in [5.41, 5.74) is -0.867. The van der Waals surface area contributed by atoms with Crippen LogP contribution in [0, 0.1) is 0 Å².